The Bertz CT molecular complexity index is 200. The third-order valence-corrected chi connectivity index (χ3v) is 1.39. The topological polar surface area (TPSA) is 80.3 Å². The van der Waals surface area contributed by atoms with E-state index < -0.39 is 19.5 Å². The van der Waals surface area contributed by atoms with Crippen LogP contribution in [0.25, 0.3) is 0 Å². The Hall–Kier alpha value is 1.48. The average Bonchev–Trinajstić information content (AvgIpc) is 1.83. The number of alkyl halides is 6. The number of aliphatic carboxylic acids is 2. The smallest absolute Gasteiger partial charge is 0.545 e. The quantitative estimate of drug-likeness (QED) is 0.388. The number of carbonyl (C=O) groups excluding carboxylic acids is 2. The molecule has 17 heavy (non-hydrogen) atoms. The van der Waals surface area contributed by atoms with Crippen molar-refractivity contribution in [3.8, 4) is 0 Å². The summed E-state index contributed by atoms with van der Waals surface area (Å²) < 4.78 is -4.56. The number of hydrogen-bond donors (Lipinski definition) is 0. The molecule has 0 saturated carbocycles. The van der Waals surface area contributed by atoms with Gasteiger partial charge in [-0.25, -0.2) is 0 Å². The van der Waals surface area contributed by atoms with Crippen LogP contribution in [0.5, 0.6) is 0 Å². The maximum atomic E-state index is 9.51. The summed E-state index contributed by atoms with van der Waals surface area (Å²) in [6.07, 6.45) is 0. The van der Waals surface area contributed by atoms with Crippen LogP contribution >= 0.6 is 69.6 Å². The van der Waals surface area contributed by atoms with E-state index in [4.69, 9.17) is 69.6 Å². The zero-order valence-corrected chi connectivity index (χ0v) is 13.8. The molecular weight excluding hydrogens is 467 g/mol. The monoisotopic (exact) mass is 474 g/mol. The van der Waals surface area contributed by atoms with E-state index in [1.807, 2.05) is 0 Å². The first-order valence-corrected chi connectivity index (χ1v) is 4.72. The van der Waals surface area contributed by atoms with Crippen molar-refractivity contribution in [1.29, 1.82) is 0 Å². The van der Waals surface area contributed by atoms with Gasteiger partial charge in [-0.1, -0.05) is 84.5 Å². The summed E-state index contributed by atoms with van der Waals surface area (Å²) in [5.74, 6) is -3.42. The van der Waals surface area contributed by atoms with Gasteiger partial charge in [-0.2, -0.15) is 0 Å². The number of carboxylic acid groups (broad SMARTS) is 2. The SMILES string of the molecule is C.C.O=C([O-])C(Cl)(Cl)Cl.O=C([O-])C(Cl)(Cl)Cl.[Sn+2]. The van der Waals surface area contributed by atoms with Crippen molar-refractivity contribution in [2.24, 2.45) is 0 Å². The van der Waals surface area contributed by atoms with Crippen molar-refractivity contribution >= 4 is 105 Å². The van der Waals surface area contributed by atoms with Gasteiger partial charge in [-0.15, -0.1) is 0 Å². The van der Waals surface area contributed by atoms with Crippen LogP contribution in [-0.2, 0) is 9.59 Å². The summed E-state index contributed by atoms with van der Waals surface area (Å²) in [5, 5.41) is 19.0. The van der Waals surface area contributed by atoms with E-state index in [-0.39, 0.29) is 38.8 Å². The second-order valence-electron chi connectivity index (χ2n) is 1.57. The number of halogens is 6. The van der Waals surface area contributed by atoms with Crippen molar-refractivity contribution in [1.82, 2.24) is 0 Å². The van der Waals surface area contributed by atoms with Crippen molar-refractivity contribution in [2.75, 3.05) is 0 Å². The van der Waals surface area contributed by atoms with Crippen LogP contribution in [0.3, 0.4) is 0 Å². The van der Waals surface area contributed by atoms with Crippen LogP contribution in [-0.4, -0.2) is 43.4 Å². The molecular formula is C6H8Cl6O4Sn. The first-order chi connectivity index (χ1) is 5.89. The minimum Gasteiger partial charge on any atom is -0.545 e. The Labute approximate surface area is 146 Å². The molecule has 0 rings (SSSR count). The summed E-state index contributed by atoms with van der Waals surface area (Å²) in [7, 11) is 0. The third kappa shape index (κ3) is 23.1. The number of rotatable bonds is 0. The van der Waals surface area contributed by atoms with Gasteiger partial charge in [0.1, 0.15) is 0 Å². The third-order valence-electron chi connectivity index (χ3n) is 0.463. The zero-order valence-electron chi connectivity index (χ0n) is 6.40. The molecule has 0 spiro atoms. The average molecular weight is 476 g/mol. The predicted octanol–water partition coefficient (Wildman–Crippen LogP) is 1.10. The Morgan fingerprint density at radius 1 is 0.706 bits per heavy atom. The first kappa shape index (κ1) is 31.1. The molecule has 4 nitrogen and oxygen atoms in total. The fourth-order valence-corrected chi connectivity index (χ4v) is 0. The van der Waals surface area contributed by atoms with Crippen LogP contribution in [0.4, 0.5) is 0 Å². The Morgan fingerprint density at radius 2 is 0.765 bits per heavy atom. The van der Waals surface area contributed by atoms with Gasteiger partial charge in [0.05, 0.1) is 11.9 Å². The van der Waals surface area contributed by atoms with E-state index in [0.29, 0.717) is 0 Å². The summed E-state index contributed by atoms with van der Waals surface area (Å²) in [6, 6.07) is 0. The van der Waals surface area contributed by atoms with E-state index in [9.17, 15) is 19.8 Å². The largest absolute Gasteiger partial charge is 2.00 e. The Morgan fingerprint density at radius 3 is 0.765 bits per heavy atom. The normalized spacial score (nSPS) is 9.29. The van der Waals surface area contributed by atoms with Crippen LogP contribution in [0, 0.1) is 0 Å². The fourth-order valence-electron chi connectivity index (χ4n) is 0. The second-order valence-corrected chi connectivity index (χ2v) is 6.13. The molecule has 0 unspecified atom stereocenters. The molecule has 0 aromatic rings. The van der Waals surface area contributed by atoms with E-state index in [0.717, 1.165) is 0 Å². The predicted molar refractivity (Wildman–Crippen MR) is 69.8 cm³/mol. The maximum absolute atomic E-state index is 9.51. The van der Waals surface area contributed by atoms with Crippen LogP contribution < -0.4 is 10.2 Å². The summed E-state index contributed by atoms with van der Waals surface area (Å²) in [4.78, 5) is 19.0. The molecule has 0 aromatic heterocycles. The van der Waals surface area contributed by atoms with Gasteiger partial charge in [-0.05, 0) is 0 Å². The van der Waals surface area contributed by atoms with E-state index in [1.165, 1.54) is 0 Å². The van der Waals surface area contributed by atoms with Gasteiger partial charge in [0.2, 0.25) is 7.59 Å². The fraction of sp³-hybridized carbons (Fsp3) is 0.667. The van der Waals surface area contributed by atoms with Crippen molar-refractivity contribution in [3.63, 3.8) is 0 Å². The van der Waals surface area contributed by atoms with Crippen LogP contribution in [0.2, 0.25) is 0 Å². The molecule has 102 valence electrons. The van der Waals surface area contributed by atoms with Crippen molar-refractivity contribution < 1.29 is 19.8 Å². The molecule has 0 aliphatic heterocycles. The summed E-state index contributed by atoms with van der Waals surface area (Å²) in [6.45, 7) is 0. The van der Waals surface area contributed by atoms with Crippen molar-refractivity contribution in [3.05, 3.63) is 0 Å². The molecule has 0 fully saturated rings. The van der Waals surface area contributed by atoms with E-state index in [2.05, 4.69) is 0 Å². The molecule has 2 radical (unpaired) electrons. The minimum absolute atomic E-state index is 0. The molecule has 0 bridgehead atoms. The minimum atomic E-state index is -2.28. The van der Waals surface area contributed by atoms with Gasteiger partial charge >= 0.3 is 23.9 Å². The van der Waals surface area contributed by atoms with Gasteiger partial charge in [0.15, 0.2) is 0 Å². The van der Waals surface area contributed by atoms with Crippen molar-refractivity contribution in [2.45, 2.75) is 22.4 Å². The molecule has 0 aromatic carbocycles. The number of hydrogen-bond acceptors (Lipinski definition) is 4. The van der Waals surface area contributed by atoms with Crippen LogP contribution in [0.1, 0.15) is 14.9 Å². The first-order valence-electron chi connectivity index (χ1n) is 2.45. The molecule has 0 heterocycles. The number of carboxylic acids is 2. The maximum Gasteiger partial charge on any atom is 2.00 e. The summed E-state index contributed by atoms with van der Waals surface area (Å²) in [5.41, 5.74) is 0. The van der Waals surface area contributed by atoms with E-state index in [1.54, 1.807) is 0 Å². The van der Waals surface area contributed by atoms with Gasteiger partial charge < -0.3 is 19.8 Å². The Kier molecular flexibility index (Phi) is 22.9. The van der Waals surface area contributed by atoms with Gasteiger partial charge in [0.25, 0.3) is 0 Å². The zero-order chi connectivity index (χ0) is 12.2. The molecule has 0 aliphatic carbocycles. The summed E-state index contributed by atoms with van der Waals surface area (Å²) >= 11 is 28.4. The van der Waals surface area contributed by atoms with E-state index >= 15 is 0 Å². The van der Waals surface area contributed by atoms with Crippen LogP contribution in [0.15, 0.2) is 0 Å². The molecule has 0 atom stereocenters. The molecule has 0 saturated heterocycles. The molecule has 0 aliphatic rings. The number of carbonyl (C=O) groups is 2. The molecule has 11 heteroatoms. The molecule has 0 N–H and O–H groups in total. The Balaban J connectivity index is -0.0000000480. The van der Waals surface area contributed by atoms with Gasteiger partial charge in [0, 0.05) is 0 Å². The standard InChI is InChI=1S/2C2HCl3O2.2CH4.Sn/c2*3-2(4,5)1(6)7;;;/h2*(H,6,7);2*1H4;/q;;;;+2/p-2. The second kappa shape index (κ2) is 12.5. The van der Waals surface area contributed by atoms with Gasteiger partial charge in [-0.3, -0.25) is 0 Å². The molecule has 0 amide bonds.